The number of hydrogen-bond acceptors (Lipinski definition) is 2. The van der Waals surface area contributed by atoms with Crippen LogP contribution in [0.5, 0.6) is 0 Å². The first-order valence-electron chi connectivity index (χ1n) is 6.72. The first kappa shape index (κ1) is 17.5. The van der Waals surface area contributed by atoms with Gasteiger partial charge in [0.15, 0.2) is 0 Å². The van der Waals surface area contributed by atoms with Crippen LogP contribution in [-0.2, 0) is 11.0 Å². The SMILES string of the molecule is CC(C)(C)C(NC(=O)CCN)c1cccc(C(F)(F)F)c1. The number of nitrogens with one attached hydrogen (secondary N) is 1. The fourth-order valence-electron chi connectivity index (χ4n) is 2.06. The standard InChI is InChI=1S/C15H21F3N2O/c1-14(2,3)13(20-12(21)7-8-19)10-5-4-6-11(9-10)15(16,17)18/h4-6,9,13H,7-8,19H2,1-3H3,(H,20,21). The quantitative estimate of drug-likeness (QED) is 0.897. The van der Waals surface area contributed by atoms with Crippen molar-refractivity contribution in [1.29, 1.82) is 0 Å². The Morgan fingerprint density at radius 1 is 1.29 bits per heavy atom. The van der Waals surface area contributed by atoms with Gasteiger partial charge in [-0.15, -0.1) is 0 Å². The molecule has 1 amide bonds. The number of carbonyl (C=O) groups is 1. The normalized spacial score (nSPS) is 13.9. The van der Waals surface area contributed by atoms with Crippen molar-refractivity contribution in [3.05, 3.63) is 35.4 Å². The van der Waals surface area contributed by atoms with Gasteiger partial charge in [0.05, 0.1) is 11.6 Å². The third-order valence-electron chi connectivity index (χ3n) is 3.09. The van der Waals surface area contributed by atoms with E-state index in [0.717, 1.165) is 12.1 Å². The lowest BCUT2D eigenvalue weighted by molar-refractivity contribution is -0.137. The molecule has 1 atom stereocenters. The summed E-state index contributed by atoms with van der Waals surface area (Å²) in [6, 6.07) is 4.53. The molecule has 0 bridgehead atoms. The summed E-state index contributed by atoms with van der Waals surface area (Å²) in [6.45, 7) is 5.78. The lowest BCUT2D eigenvalue weighted by atomic mass is 9.82. The smallest absolute Gasteiger partial charge is 0.349 e. The highest BCUT2D eigenvalue weighted by Gasteiger charge is 2.33. The largest absolute Gasteiger partial charge is 0.416 e. The highest BCUT2D eigenvalue weighted by molar-refractivity contribution is 5.76. The van der Waals surface area contributed by atoms with E-state index in [1.165, 1.54) is 6.07 Å². The minimum atomic E-state index is -4.40. The van der Waals surface area contributed by atoms with Crippen molar-refractivity contribution in [3.63, 3.8) is 0 Å². The summed E-state index contributed by atoms with van der Waals surface area (Å²) >= 11 is 0. The van der Waals surface area contributed by atoms with E-state index in [-0.39, 0.29) is 18.9 Å². The molecule has 21 heavy (non-hydrogen) atoms. The summed E-state index contributed by atoms with van der Waals surface area (Å²) in [7, 11) is 0. The summed E-state index contributed by atoms with van der Waals surface area (Å²) in [5, 5.41) is 2.77. The molecule has 1 aromatic carbocycles. The van der Waals surface area contributed by atoms with Crippen molar-refractivity contribution in [3.8, 4) is 0 Å². The van der Waals surface area contributed by atoms with Gasteiger partial charge >= 0.3 is 6.18 Å². The molecule has 1 unspecified atom stereocenters. The van der Waals surface area contributed by atoms with Crippen LogP contribution >= 0.6 is 0 Å². The van der Waals surface area contributed by atoms with Gasteiger partial charge in [0.25, 0.3) is 0 Å². The molecule has 0 saturated carbocycles. The maximum Gasteiger partial charge on any atom is 0.416 e. The molecule has 0 heterocycles. The van der Waals surface area contributed by atoms with Crippen molar-refractivity contribution < 1.29 is 18.0 Å². The first-order chi connectivity index (χ1) is 9.55. The Morgan fingerprint density at radius 2 is 1.90 bits per heavy atom. The molecule has 0 aliphatic rings. The van der Waals surface area contributed by atoms with E-state index in [1.54, 1.807) is 6.07 Å². The molecular weight excluding hydrogens is 281 g/mol. The molecule has 3 N–H and O–H groups in total. The second-order valence-corrected chi connectivity index (χ2v) is 6.03. The lowest BCUT2D eigenvalue weighted by Gasteiger charge is -2.32. The Bertz CT molecular complexity index is 492. The Hall–Kier alpha value is -1.56. The highest BCUT2D eigenvalue weighted by Crippen LogP contribution is 2.36. The van der Waals surface area contributed by atoms with E-state index in [1.807, 2.05) is 20.8 Å². The third kappa shape index (κ3) is 5.04. The van der Waals surface area contributed by atoms with Crippen molar-refractivity contribution in [2.75, 3.05) is 6.54 Å². The lowest BCUT2D eigenvalue weighted by Crippen LogP contribution is -2.37. The van der Waals surface area contributed by atoms with E-state index in [2.05, 4.69) is 5.32 Å². The maximum absolute atomic E-state index is 12.8. The molecule has 0 aromatic heterocycles. The minimum Gasteiger partial charge on any atom is -0.349 e. The van der Waals surface area contributed by atoms with Gasteiger partial charge in [-0.2, -0.15) is 13.2 Å². The van der Waals surface area contributed by atoms with Gasteiger partial charge in [-0.25, -0.2) is 0 Å². The fourth-order valence-corrected chi connectivity index (χ4v) is 2.06. The van der Waals surface area contributed by atoms with Crippen LogP contribution in [0, 0.1) is 5.41 Å². The monoisotopic (exact) mass is 302 g/mol. The Labute approximate surface area is 122 Å². The summed E-state index contributed by atoms with van der Waals surface area (Å²) in [5.41, 5.74) is 4.62. The van der Waals surface area contributed by atoms with E-state index < -0.39 is 23.2 Å². The second-order valence-electron chi connectivity index (χ2n) is 6.03. The number of hydrogen-bond donors (Lipinski definition) is 2. The van der Waals surface area contributed by atoms with E-state index in [0.29, 0.717) is 5.56 Å². The Morgan fingerprint density at radius 3 is 2.38 bits per heavy atom. The van der Waals surface area contributed by atoms with Gasteiger partial charge in [0.2, 0.25) is 5.91 Å². The van der Waals surface area contributed by atoms with Crippen LogP contribution < -0.4 is 11.1 Å². The predicted molar refractivity (Wildman–Crippen MR) is 75.5 cm³/mol. The molecular formula is C15H21F3N2O. The molecule has 0 radical (unpaired) electrons. The zero-order valence-electron chi connectivity index (χ0n) is 12.4. The molecule has 0 spiro atoms. The summed E-state index contributed by atoms with van der Waals surface area (Å²) in [4.78, 5) is 11.7. The van der Waals surface area contributed by atoms with Crippen LogP contribution in [0.25, 0.3) is 0 Å². The summed E-state index contributed by atoms with van der Waals surface area (Å²) in [5.74, 6) is -0.269. The Kier molecular flexibility index (Phi) is 5.39. The van der Waals surface area contributed by atoms with E-state index in [9.17, 15) is 18.0 Å². The summed E-state index contributed by atoms with van der Waals surface area (Å²) < 4.78 is 38.4. The van der Waals surface area contributed by atoms with Gasteiger partial charge < -0.3 is 11.1 Å². The van der Waals surface area contributed by atoms with Crippen LogP contribution in [0.1, 0.15) is 44.4 Å². The predicted octanol–water partition coefficient (Wildman–Crippen LogP) is 3.26. The van der Waals surface area contributed by atoms with Crippen LogP contribution in [-0.4, -0.2) is 12.5 Å². The van der Waals surface area contributed by atoms with Gasteiger partial charge in [0, 0.05) is 13.0 Å². The molecule has 0 aliphatic carbocycles. The molecule has 0 saturated heterocycles. The number of rotatable bonds is 4. The fraction of sp³-hybridized carbons (Fsp3) is 0.533. The van der Waals surface area contributed by atoms with Gasteiger partial charge in [-0.3, -0.25) is 4.79 Å². The Balaban J connectivity index is 3.13. The van der Waals surface area contributed by atoms with E-state index >= 15 is 0 Å². The van der Waals surface area contributed by atoms with Gasteiger partial charge in [-0.1, -0.05) is 32.9 Å². The average molecular weight is 302 g/mol. The molecule has 118 valence electrons. The number of amides is 1. The molecule has 1 aromatic rings. The molecule has 0 aliphatic heterocycles. The number of alkyl halides is 3. The number of nitrogens with two attached hydrogens (primary N) is 1. The van der Waals surface area contributed by atoms with Crippen molar-refractivity contribution in [2.24, 2.45) is 11.1 Å². The van der Waals surface area contributed by atoms with Crippen LogP contribution in [0.15, 0.2) is 24.3 Å². The second kappa shape index (κ2) is 6.47. The topological polar surface area (TPSA) is 55.1 Å². The van der Waals surface area contributed by atoms with Crippen molar-refractivity contribution in [1.82, 2.24) is 5.32 Å². The third-order valence-corrected chi connectivity index (χ3v) is 3.09. The zero-order valence-corrected chi connectivity index (χ0v) is 12.4. The van der Waals surface area contributed by atoms with Crippen LogP contribution in [0.2, 0.25) is 0 Å². The molecule has 0 fully saturated rings. The number of benzene rings is 1. The van der Waals surface area contributed by atoms with Crippen molar-refractivity contribution >= 4 is 5.91 Å². The van der Waals surface area contributed by atoms with Crippen LogP contribution in [0.4, 0.5) is 13.2 Å². The van der Waals surface area contributed by atoms with Crippen molar-refractivity contribution in [2.45, 2.75) is 39.4 Å². The van der Waals surface area contributed by atoms with Crippen LogP contribution in [0.3, 0.4) is 0 Å². The number of halogens is 3. The molecule has 6 heteroatoms. The minimum absolute atomic E-state index is 0.144. The maximum atomic E-state index is 12.8. The average Bonchev–Trinajstić information content (AvgIpc) is 2.34. The highest BCUT2D eigenvalue weighted by atomic mass is 19.4. The van der Waals surface area contributed by atoms with Gasteiger partial charge in [0.1, 0.15) is 0 Å². The van der Waals surface area contributed by atoms with E-state index in [4.69, 9.17) is 5.73 Å². The number of carbonyl (C=O) groups excluding carboxylic acids is 1. The summed E-state index contributed by atoms with van der Waals surface area (Å²) in [6.07, 6.45) is -4.26. The zero-order chi connectivity index (χ0) is 16.3. The molecule has 3 nitrogen and oxygen atoms in total. The molecule has 1 rings (SSSR count). The first-order valence-corrected chi connectivity index (χ1v) is 6.72. The van der Waals surface area contributed by atoms with Gasteiger partial charge in [-0.05, 0) is 23.1 Å².